The second kappa shape index (κ2) is 19.6. The molecular weight excluding hydrogens is 418 g/mol. The zero-order valence-corrected chi connectivity index (χ0v) is 21.2. The molecule has 0 saturated heterocycles. The Morgan fingerprint density at radius 3 is 1.27 bits per heavy atom. The van der Waals surface area contributed by atoms with E-state index >= 15 is 0 Å². The molecule has 3 N–H and O–H groups in total. The van der Waals surface area contributed by atoms with Crippen LogP contribution >= 0.6 is 0 Å². The topological polar surface area (TPSA) is 131 Å². The molecule has 0 aliphatic rings. The molecule has 2 rings (SSSR count). The second-order valence-corrected chi connectivity index (χ2v) is 6.46. The average Bonchev–Trinajstić information content (AvgIpc) is 2.82. The Hall–Kier alpha value is -3.10. The predicted octanol–water partition coefficient (Wildman–Crippen LogP) is 3.80. The third-order valence-corrected chi connectivity index (χ3v) is 3.75. The summed E-state index contributed by atoms with van der Waals surface area (Å²) in [6.07, 6.45) is 0. The predicted molar refractivity (Wildman–Crippen MR) is 137 cm³/mol. The van der Waals surface area contributed by atoms with Gasteiger partial charge in [-0.3, -0.25) is 19.6 Å². The molecule has 0 atom stereocenters. The molecule has 2 aromatic rings. The van der Waals surface area contributed by atoms with Crippen LogP contribution in [0, 0.1) is 0 Å². The first-order chi connectivity index (χ1) is 15.7. The molecule has 0 unspecified atom stereocenters. The highest BCUT2D eigenvalue weighted by atomic mass is 16.2. The fourth-order valence-corrected chi connectivity index (χ4v) is 2.30. The van der Waals surface area contributed by atoms with Gasteiger partial charge in [0.25, 0.3) is 0 Å². The summed E-state index contributed by atoms with van der Waals surface area (Å²) in [7, 11) is 1.00. The molecule has 0 aromatic carbocycles. The molecule has 2 aromatic heterocycles. The van der Waals surface area contributed by atoms with Gasteiger partial charge < -0.3 is 10.8 Å². The van der Waals surface area contributed by atoms with Crippen molar-refractivity contribution >= 4 is 23.0 Å². The van der Waals surface area contributed by atoms with Crippen molar-refractivity contribution in [3.63, 3.8) is 0 Å². The molecule has 0 aliphatic heterocycles. The molecule has 0 bridgehead atoms. The third-order valence-electron chi connectivity index (χ3n) is 3.75. The summed E-state index contributed by atoms with van der Waals surface area (Å²) in [5.41, 5.74) is 9.35. The van der Waals surface area contributed by atoms with Crippen molar-refractivity contribution in [2.24, 2.45) is 15.7 Å². The van der Waals surface area contributed by atoms with Crippen LogP contribution in [0.15, 0.2) is 46.4 Å². The quantitative estimate of drug-likeness (QED) is 0.501. The smallest absolute Gasteiger partial charge is 0.178 e. The number of rotatable bonds is 6. The van der Waals surface area contributed by atoms with Gasteiger partial charge >= 0.3 is 0 Å². The number of hydrogen-bond acceptors (Lipinski definition) is 8. The lowest BCUT2D eigenvalue weighted by atomic mass is 10.2. The average molecular weight is 458 g/mol. The molecule has 0 spiro atoms. The number of hydrogen-bond donors (Lipinski definition) is 2. The van der Waals surface area contributed by atoms with Gasteiger partial charge in [-0.2, -0.15) is 0 Å². The Balaban J connectivity index is 0. The van der Waals surface area contributed by atoms with E-state index in [9.17, 15) is 9.59 Å². The molecule has 33 heavy (non-hydrogen) atoms. The second-order valence-electron chi connectivity index (χ2n) is 6.46. The Bertz CT molecular complexity index is 844. The number of aliphatic hydroxyl groups excluding tert-OH is 1. The molecule has 8 nitrogen and oxygen atoms in total. The van der Waals surface area contributed by atoms with Crippen molar-refractivity contribution in [1.29, 1.82) is 0 Å². The number of aliphatic hydroxyl groups is 1. The minimum atomic E-state index is -0.127. The number of carbonyl (C=O) groups excluding carboxylic acids is 2. The van der Waals surface area contributed by atoms with Gasteiger partial charge in [-0.25, -0.2) is 9.97 Å². The summed E-state index contributed by atoms with van der Waals surface area (Å²) in [6.45, 7) is 15.1. The number of aromatic nitrogens is 2. The van der Waals surface area contributed by atoms with Gasteiger partial charge in [-0.1, -0.05) is 19.1 Å². The number of ketones is 2. The van der Waals surface area contributed by atoms with Gasteiger partial charge in [0, 0.05) is 34.0 Å². The van der Waals surface area contributed by atoms with Crippen molar-refractivity contribution in [3.8, 4) is 0 Å². The summed E-state index contributed by atoms with van der Waals surface area (Å²) in [6, 6.07) is 10.8. The van der Waals surface area contributed by atoms with E-state index in [4.69, 9.17) is 10.8 Å². The number of nitrogens with zero attached hydrogens (tertiary/aromatic N) is 4. The number of aliphatic imine (C=N–C) groups is 2. The molecule has 182 valence electrons. The van der Waals surface area contributed by atoms with Crippen molar-refractivity contribution in [1.82, 2.24) is 9.97 Å². The van der Waals surface area contributed by atoms with Crippen molar-refractivity contribution in [3.05, 3.63) is 59.2 Å². The minimum absolute atomic E-state index is 0.127. The van der Waals surface area contributed by atoms with E-state index < -0.39 is 0 Å². The first-order valence-electron chi connectivity index (χ1n) is 10.8. The Labute approximate surface area is 198 Å². The van der Waals surface area contributed by atoms with E-state index in [-0.39, 0.29) is 11.6 Å². The number of Topliss-reactive ketones (excluding diaryl/α,β-unsaturated/α-hetero) is 2. The van der Waals surface area contributed by atoms with Crippen LogP contribution in [-0.2, 0) is 0 Å². The minimum Gasteiger partial charge on any atom is -0.400 e. The monoisotopic (exact) mass is 457 g/mol. The van der Waals surface area contributed by atoms with E-state index in [1.54, 1.807) is 18.2 Å². The normalized spacial score (nSPS) is 10.5. The fourth-order valence-electron chi connectivity index (χ4n) is 2.30. The first-order valence-corrected chi connectivity index (χ1v) is 10.8. The van der Waals surface area contributed by atoms with Crippen LogP contribution in [0.3, 0.4) is 0 Å². The molecule has 8 heteroatoms. The maximum absolute atomic E-state index is 10.8. The van der Waals surface area contributed by atoms with Crippen molar-refractivity contribution < 1.29 is 14.7 Å². The number of carbonyl (C=O) groups is 2. The summed E-state index contributed by atoms with van der Waals surface area (Å²) in [5, 5.41) is 7.00. The standard InChI is InChI=1S/C13H19N3.C9H9NO2.C2H7N.CH4O/c1-5-14-10(3)12-8-7-9-13(16-12)11(4)15-6-2;1-6(11)8-4-3-5-9(10-8)7(2)12;1-2-3;1-2/h7-9H,5-6H2,1-4H3;3-5H,1-2H3;2-3H2,1H3;2H,1H3. The molecule has 0 radical (unpaired) electrons. The Morgan fingerprint density at radius 1 is 0.727 bits per heavy atom. The molecule has 0 fully saturated rings. The fraction of sp³-hybridized carbons (Fsp3) is 0.440. The lowest BCUT2D eigenvalue weighted by molar-refractivity contribution is 0.101. The van der Waals surface area contributed by atoms with Gasteiger partial charge in [0.05, 0.1) is 22.8 Å². The maximum atomic E-state index is 10.8. The van der Waals surface area contributed by atoms with Crippen LogP contribution in [0.2, 0.25) is 0 Å². The van der Waals surface area contributed by atoms with E-state index in [0.717, 1.165) is 49.6 Å². The van der Waals surface area contributed by atoms with Crippen LogP contribution in [-0.4, -0.2) is 64.8 Å². The summed E-state index contributed by atoms with van der Waals surface area (Å²) >= 11 is 0. The molecule has 0 amide bonds. The molecule has 2 heterocycles. The molecule has 0 aliphatic carbocycles. The van der Waals surface area contributed by atoms with Crippen molar-refractivity contribution in [2.45, 2.75) is 48.5 Å². The maximum Gasteiger partial charge on any atom is 0.178 e. The Kier molecular flexibility index (Phi) is 19.0. The third kappa shape index (κ3) is 13.8. The van der Waals surface area contributed by atoms with E-state index in [0.29, 0.717) is 11.4 Å². The van der Waals surface area contributed by atoms with Crippen LogP contribution in [0.4, 0.5) is 0 Å². The lowest BCUT2D eigenvalue weighted by Gasteiger charge is -2.03. The van der Waals surface area contributed by atoms with Gasteiger partial charge in [0.2, 0.25) is 0 Å². The lowest BCUT2D eigenvalue weighted by Crippen LogP contribution is -2.05. The Morgan fingerprint density at radius 2 is 1.00 bits per heavy atom. The SMILES string of the molecule is CC(=O)c1cccc(C(C)=O)n1.CCN.CCN=C(C)c1cccc(C(C)=NCC)n1.CO. The van der Waals surface area contributed by atoms with E-state index in [1.165, 1.54) is 13.8 Å². The van der Waals surface area contributed by atoms with Gasteiger partial charge in [-0.15, -0.1) is 0 Å². The molecular formula is C25H39N5O3. The van der Waals surface area contributed by atoms with E-state index in [1.807, 2.05) is 52.8 Å². The van der Waals surface area contributed by atoms with Crippen molar-refractivity contribution in [2.75, 3.05) is 26.7 Å². The largest absolute Gasteiger partial charge is 0.400 e. The van der Waals surface area contributed by atoms with Crippen LogP contribution < -0.4 is 5.73 Å². The van der Waals surface area contributed by atoms with Crippen LogP contribution in [0.1, 0.15) is 80.8 Å². The zero-order valence-electron chi connectivity index (χ0n) is 21.2. The molecule has 0 saturated carbocycles. The number of nitrogens with two attached hydrogens (primary N) is 1. The highest BCUT2D eigenvalue weighted by molar-refractivity contribution is 6.00. The highest BCUT2D eigenvalue weighted by Crippen LogP contribution is 2.03. The van der Waals surface area contributed by atoms with Crippen LogP contribution in [0.25, 0.3) is 0 Å². The summed E-state index contributed by atoms with van der Waals surface area (Å²) < 4.78 is 0. The van der Waals surface area contributed by atoms with Gasteiger partial charge in [-0.05, 0) is 58.5 Å². The van der Waals surface area contributed by atoms with Gasteiger partial charge in [0.1, 0.15) is 11.4 Å². The van der Waals surface area contributed by atoms with Crippen LogP contribution in [0.5, 0.6) is 0 Å². The first kappa shape index (κ1) is 32.1. The zero-order chi connectivity index (χ0) is 25.8. The number of pyridine rings is 2. The summed E-state index contributed by atoms with van der Waals surface area (Å²) in [5.74, 6) is -0.254. The summed E-state index contributed by atoms with van der Waals surface area (Å²) in [4.78, 5) is 38.8. The van der Waals surface area contributed by atoms with Gasteiger partial charge in [0.15, 0.2) is 11.6 Å². The highest BCUT2D eigenvalue weighted by Gasteiger charge is 2.04. The van der Waals surface area contributed by atoms with E-state index in [2.05, 4.69) is 20.0 Å².